The Bertz CT molecular complexity index is 1220. The van der Waals surface area contributed by atoms with Gasteiger partial charge in [-0.3, -0.25) is 14.3 Å². The topological polar surface area (TPSA) is 112 Å². The molecule has 174 valence electrons. The molecule has 1 aromatic carbocycles. The summed E-state index contributed by atoms with van der Waals surface area (Å²) in [5.74, 6) is 0.249. The highest BCUT2D eigenvalue weighted by Crippen LogP contribution is 2.35. The molecule has 0 radical (unpaired) electrons. The number of thiazole rings is 1. The quantitative estimate of drug-likeness (QED) is 0.478. The van der Waals surface area contributed by atoms with Gasteiger partial charge in [-0.2, -0.15) is 5.10 Å². The van der Waals surface area contributed by atoms with Crippen LogP contribution >= 0.6 is 22.9 Å². The smallest absolute Gasteiger partial charge is 0.267 e. The van der Waals surface area contributed by atoms with Crippen LogP contribution in [0, 0.1) is 20.8 Å². The van der Waals surface area contributed by atoms with Crippen LogP contribution in [0.15, 0.2) is 18.5 Å². The van der Waals surface area contributed by atoms with Crippen molar-refractivity contribution in [2.24, 2.45) is 0 Å². The SMILES string of the molecule is Cc1cn(CC(=O)N2CCCC2)nc1Nc1ncc(C(=O)Nc2c(C)cc(Cl)c(O)c2C)s1. The normalized spacial score (nSPS) is 13.4. The van der Waals surface area contributed by atoms with E-state index in [1.54, 1.807) is 24.6 Å². The van der Waals surface area contributed by atoms with E-state index in [-0.39, 0.29) is 29.1 Å². The van der Waals surface area contributed by atoms with Crippen molar-refractivity contribution in [3.63, 3.8) is 0 Å². The first-order chi connectivity index (χ1) is 15.7. The number of likely N-dealkylation sites (tertiary alicyclic amines) is 1. The summed E-state index contributed by atoms with van der Waals surface area (Å²) in [4.78, 5) is 31.7. The Balaban J connectivity index is 1.43. The fourth-order valence-electron chi connectivity index (χ4n) is 3.76. The molecule has 2 aromatic heterocycles. The lowest BCUT2D eigenvalue weighted by Crippen LogP contribution is -2.31. The molecular weight excluding hydrogens is 464 g/mol. The number of phenols is 1. The van der Waals surface area contributed by atoms with E-state index >= 15 is 0 Å². The van der Waals surface area contributed by atoms with Gasteiger partial charge in [0.2, 0.25) is 5.91 Å². The number of carbonyl (C=O) groups excluding carboxylic acids is 2. The summed E-state index contributed by atoms with van der Waals surface area (Å²) < 4.78 is 1.62. The standard InChI is InChI=1S/C22H25ClN6O3S/c1-12-8-15(23)19(31)14(3)18(12)25-21(32)16-9-24-22(33-16)26-20-13(2)10-29(27-20)11-17(30)28-6-4-5-7-28/h8-10,31H,4-7,11H2,1-3H3,(H,25,32)(H,24,26,27). The van der Waals surface area contributed by atoms with Crippen LogP contribution < -0.4 is 10.6 Å². The molecule has 9 nitrogen and oxygen atoms in total. The van der Waals surface area contributed by atoms with Gasteiger partial charge < -0.3 is 20.6 Å². The lowest BCUT2D eigenvalue weighted by Gasteiger charge is -2.14. The minimum Gasteiger partial charge on any atom is -0.506 e. The second kappa shape index (κ2) is 9.40. The number of hydrogen-bond acceptors (Lipinski definition) is 7. The van der Waals surface area contributed by atoms with Gasteiger partial charge in [-0.1, -0.05) is 22.9 Å². The molecular formula is C22H25ClN6O3S. The number of phenolic OH excluding ortho intramolecular Hbond substituents is 1. The first-order valence-corrected chi connectivity index (χ1v) is 11.8. The first-order valence-electron chi connectivity index (χ1n) is 10.6. The van der Waals surface area contributed by atoms with Gasteiger partial charge in [0.15, 0.2) is 10.9 Å². The Morgan fingerprint density at radius 1 is 1.21 bits per heavy atom. The molecule has 2 amide bonds. The summed E-state index contributed by atoms with van der Waals surface area (Å²) in [6, 6.07) is 1.60. The molecule has 0 bridgehead atoms. The van der Waals surface area contributed by atoms with E-state index in [4.69, 9.17) is 11.6 Å². The number of aryl methyl sites for hydroxylation is 2. The Morgan fingerprint density at radius 2 is 1.94 bits per heavy atom. The van der Waals surface area contributed by atoms with Gasteiger partial charge in [0.25, 0.3) is 5.91 Å². The highest BCUT2D eigenvalue weighted by atomic mass is 35.5. The zero-order valence-electron chi connectivity index (χ0n) is 18.6. The van der Waals surface area contributed by atoms with Gasteiger partial charge in [-0.05, 0) is 45.2 Å². The summed E-state index contributed by atoms with van der Waals surface area (Å²) in [6.45, 7) is 7.20. The van der Waals surface area contributed by atoms with Crippen molar-refractivity contribution in [2.45, 2.75) is 40.2 Å². The fraction of sp³-hybridized carbons (Fsp3) is 0.364. The van der Waals surface area contributed by atoms with Crippen molar-refractivity contribution in [3.8, 4) is 5.75 Å². The zero-order chi connectivity index (χ0) is 23.7. The lowest BCUT2D eigenvalue weighted by atomic mass is 10.1. The number of carbonyl (C=O) groups is 2. The predicted octanol–water partition coefficient (Wildman–Crippen LogP) is 4.24. The second-order valence-corrected chi connectivity index (χ2v) is 9.52. The molecule has 0 spiro atoms. The van der Waals surface area contributed by atoms with Crippen LogP contribution in [0.2, 0.25) is 5.02 Å². The number of aromatic nitrogens is 3. The molecule has 4 rings (SSSR count). The summed E-state index contributed by atoms with van der Waals surface area (Å²) in [5, 5.41) is 21.2. The van der Waals surface area contributed by atoms with E-state index in [2.05, 4.69) is 20.7 Å². The van der Waals surface area contributed by atoms with Crippen molar-refractivity contribution in [1.29, 1.82) is 0 Å². The van der Waals surface area contributed by atoms with Crippen molar-refractivity contribution in [2.75, 3.05) is 23.7 Å². The van der Waals surface area contributed by atoms with E-state index in [1.807, 2.05) is 18.0 Å². The van der Waals surface area contributed by atoms with Gasteiger partial charge in [0, 0.05) is 30.4 Å². The van der Waals surface area contributed by atoms with Gasteiger partial charge in [-0.15, -0.1) is 0 Å². The van der Waals surface area contributed by atoms with E-state index in [0.717, 1.165) is 37.1 Å². The molecule has 1 fully saturated rings. The third kappa shape index (κ3) is 4.96. The monoisotopic (exact) mass is 488 g/mol. The summed E-state index contributed by atoms with van der Waals surface area (Å²) in [7, 11) is 0. The molecule has 1 saturated heterocycles. The van der Waals surface area contributed by atoms with Crippen LogP contribution in [-0.2, 0) is 11.3 Å². The lowest BCUT2D eigenvalue weighted by molar-refractivity contribution is -0.130. The fourth-order valence-corrected chi connectivity index (χ4v) is 4.78. The number of anilines is 3. The number of nitrogens with one attached hydrogen (secondary N) is 2. The molecule has 0 atom stereocenters. The van der Waals surface area contributed by atoms with Crippen molar-refractivity contribution >= 4 is 51.4 Å². The maximum absolute atomic E-state index is 12.8. The summed E-state index contributed by atoms with van der Waals surface area (Å²) in [5.41, 5.74) is 2.63. The third-order valence-corrected chi connectivity index (χ3v) is 6.79. The molecule has 0 aliphatic carbocycles. The predicted molar refractivity (Wildman–Crippen MR) is 129 cm³/mol. The van der Waals surface area contributed by atoms with Gasteiger partial charge in [0.05, 0.1) is 16.9 Å². The third-order valence-electron chi connectivity index (χ3n) is 5.59. The van der Waals surface area contributed by atoms with Crippen molar-refractivity contribution < 1.29 is 14.7 Å². The number of aromatic hydroxyl groups is 1. The number of benzene rings is 1. The molecule has 3 heterocycles. The molecule has 3 N–H and O–H groups in total. The van der Waals surface area contributed by atoms with Gasteiger partial charge >= 0.3 is 0 Å². The summed E-state index contributed by atoms with van der Waals surface area (Å²) >= 11 is 7.17. The Labute approximate surface area is 200 Å². The van der Waals surface area contributed by atoms with E-state index in [9.17, 15) is 14.7 Å². The second-order valence-electron chi connectivity index (χ2n) is 8.08. The van der Waals surface area contributed by atoms with Crippen molar-refractivity contribution in [1.82, 2.24) is 19.7 Å². The molecule has 1 aliphatic rings. The van der Waals surface area contributed by atoms with Crippen molar-refractivity contribution in [3.05, 3.63) is 45.1 Å². The van der Waals surface area contributed by atoms with E-state index in [0.29, 0.717) is 27.1 Å². The Hall–Kier alpha value is -3.11. The van der Waals surface area contributed by atoms with Crippen LogP contribution in [0.1, 0.15) is 39.2 Å². The number of amides is 2. The molecule has 3 aromatic rings. The number of hydrogen-bond donors (Lipinski definition) is 3. The van der Waals surface area contributed by atoms with Gasteiger partial charge in [-0.25, -0.2) is 4.98 Å². The number of rotatable bonds is 6. The first kappa shape index (κ1) is 23.1. The van der Waals surface area contributed by atoms with Crippen LogP contribution in [0.4, 0.5) is 16.6 Å². The van der Waals surface area contributed by atoms with Crippen LogP contribution in [0.25, 0.3) is 0 Å². The average molecular weight is 489 g/mol. The van der Waals surface area contributed by atoms with Gasteiger partial charge in [0.1, 0.15) is 17.2 Å². The zero-order valence-corrected chi connectivity index (χ0v) is 20.2. The number of halogens is 1. The highest BCUT2D eigenvalue weighted by molar-refractivity contribution is 7.17. The molecule has 11 heteroatoms. The van der Waals surface area contributed by atoms with E-state index < -0.39 is 0 Å². The minimum absolute atomic E-state index is 0.0569. The highest BCUT2D eigenvalue weighted by Gasteiger charge is 2.20. The average Bonchev–Trinajstić information content (AvgIpc) is 3.52. The Morgan fingerprint density at radius 3 is 2.67 bits per heavy atom. The van der Waals surface area contributed by atoms with E-state index in [1.165, 1.54) is 17.5 Å². The molecule has 1 aliphatic heterocycles. The maximum Gasteiger partial charge on any atom is 0.267 e. The van der Waals surface area contributed by atoms with Crippen LogP contribution in [-0.4, -0.2) is 49.7 Å². The maximum atomic E-state index is 12.8. The molecule has 0 unspecified atom stereocenters. The summed E-state index contributed by atoms with van der Waals surface area (Å²) in [6.07, 6.45) is 5.39. The van der Waals surface area contributed by atoms with Crippen LogP contribution in [0.5, 0.6) is 5.75 Å². The molecule has 0 saturated carbocycles. The molecule has 33 heavy (non-hydrogen) atoms. The minimum atomic E-state index is -0.341. The number of nitrogens with zero attached hydrogens (tertiary/aromatic N) is 4. The largest absolute Gasteiger partial charge is 0.506 e. The Kier molecular flexibility index (Phi) is 6.57. The van der Waals surface area contributed by atoms with Crippen LogP contribution in [0.3, 0.4) is 0 Å².